The number of hydrogen-bond donors (Lipinski definition) is 3. The second-order valence-electron chi connectivity index (χ2n) is 4.44. The van der Waals surface area contributed by atoms with Crippen molar-refractivity contribution in [1.29, 1.82) is 0 Å². The molecule has 0 saturated carbocycles. The van der Waals surface area contributed by atoms with Crippen LogP contribution in [0.25, 0.3) is 6.08 Å². The predicted molar refractivity (Wildman–Crippen MR) is 79.8 cm³/mol. The van der Waals surface area contributed by atoms with Crippen LogP contribution in [0.4, 0.5) is 18.3 Å². The predicted octanol–water partition coefficient (Wildman–Crippen LogP) is 3.29. The fraction of sp³-hybridized carbons (Fsp3) is 0.143. The summed E-state index contributed by atoms with van der Waals surface area (Å²) < 4.78 is 37.4. The Hall–Kier alpha value is -2.39. The van der Waals surface area contributed by atoms with E-state index in [-0.39, 0.29) is 5.13 Å². The Balaban J connectivity index is 1.99. The molecule has 0 saturated heterocycles. The first-order valence-corrected chi connectivity index (χ1v) is 7.24. The lowest BCUT2D eigenvalue weighted by Crippen LogP contribution is -2.14. The molecule has 0 bridgehead atoms. The number of hydroxylamine groups is 1. The van der Waals surface area contributed by atoms with E-state index in [9.17, 15) is 18.0 Å². The van der Waals surface area contributed by atoms with Gasteiger partial charge in [-0.05, 0) is 23.3 Å². The third-order valence-electron chi connectivity index (χ3n) is 2.73. The minimum Gasteiger partial charge on any atom is -0.357 e. The number of thiazole rings is 1. The standard InChI is InChI=1S/C14H12F3N3O2S/c15-14(16,17)11-8-23-13(19-11)18-7-10-3-1-2-9(6-10)4-5-12(21)20-22/h1-6,8,22H,7H2,(H,18,19)(H,20,21)/b5-4+. The molecule has 0 aliphatic carbocycles. The lowest BCUT2D eigenvalue weighted by atomic mass is 10.1. The lowest BCUT2D eigenvalue weighted by molar-refractivity contribution is -0.140. The van der Waals surface area contributed by atoms with Gasteiger partial charge in [0.1, 0.15) is 0 Å². The molecule has 1 aromatic carbocycles. The number of anilines is 1. The van der Waals surface area contributed by atoms with Crippen LogP contribution in [0.15, 0.2) is 35.7 Å². The van der Waals surface area contributed by atoms with Gasteiger partial charge < -0.3 is 5.32 Å². The highest BCUT2D eigenvalue weighted by atomic mass is 32.1. The van der Waals surface area contributed by atoms with Crippen LogP contribution in [0.5, 0.6) is 0 Å². The van der Waals surface area contributed by atoms with Crippen LogP contribution in [0.3, 0.4) is 0 Å². The van der Waals surface area contributed by atoms with E-state index < -0.39 is 17.8 Å². The molecular weight excluding hydrogens is 331 g/mol. The molecule has 0 aliphatic heterocycles. The summed E-state index contributed by atoms with van der Waals surface area (Å²) in [6.45, 7) is 0.290. The summed E-state index contributed by atoms with van der Waals surface area (Å²) in [5.41, 5.74) is 2.07. The van der Waals surface area contributed by atoms with E-state index in [4.69, 9.17) is 5.21 Å². The van der Waals surface area contributed by atoms with Gasteiger partial charge in [0, 0.05) is 18.0 Å². The van der Waals surface area contributed by atoms with Crippen molar-refractivity contribution in [3.63, 3.8) is 0 Å². The number of nitrogens with zero attached hydrogens (tertiary/aromatic N) is 1. The highest BCUT2D eigenvalue weighted by Gasteiger charge is 2.33. The first-order chi connectivity index (χ1) is 10.9. The monoisotopic (exact) mass is 343 g/mol. The molecule has 0 unspecified atom stereocenters. The van der Waals surface area contributed by atoms with Crippen LogP contribution in [0.2, 0.25) is 0 Å². The molecule has 1 aromatic heterocycles. The minimum atomic E-state index is -4.45. The van der Waals surface area contributed by atoms with Crippen molar-refractivity contribution >= 4 is 28.5 Å². The maximum atomic E-state index is 12.5. The molecular formula is C14H12F3N3O2S. The van der Waals surface area contributed by atoms with E-state index in [0.717, 1.165) is 28.4 Å². The van der Waals surface area contributed by atoms with E-state index in [1.165, 1.54) is 11.6 Å². The van der Waals surface area contributed by atoms with Gasteiger partial charge in [-0.15, -0.1) is 11.3 Å². The number of nitrogens with one attached hydrogen (secondary N) is 2. The van der Waals surface area contributed by atoms with Crippen LogP contribution in [-0.2, 0) is 17.5 Å². The van der Waals surface area contributed by atoms with Crippen molar-refractivity contribution in [2.45, 2.75) is 12.7 Å². The van der Waals surface area contributed by atoms with Crippen molar-refractivity contribution in [2.24, 2.45) is 0 Å². The SMILES string of the molecule is O=C(/C=C/c1cccc(CNc2nc(C(F)(F)F)cs2)c1)NO. The Kier molecular flexibility index (Phi) is 5.35. The summed E-state index contributed by atoms with van der Waals surface area (Å²) in [5.74, 6) is -0.656. The zero-order valence-corrected chi connectivity index (χ0v) is 12.4. The van der Waals surface area contributed by atoms with Crippen LogP contribution < -0.4 is 10.8 Å². The zero-order valence-electron chi connectivity index (χ0n) is 11.6. The van der Waals surface area contributed by atoms with E-state index in [0.29, 0.717) is 12.1 Å². The Morgan fingerprint density at radius 1 is 1.39 bits per heavy atom. The van der Waals surface area contributed by atoms with Crippen LogP contribution >= 0.6 is 11.3 Å². The van der Waals surface area contributed by atoms with Gasteiger partial charge in [-0.2, -0.15) is 13.2 Å². The number of carbonyl (C=O) groups is 1. The Morgan fingerprint density at radius 3 is 2.83 bits per heavy atom. The summed E-state index contributed by atoms with van der Waals surface area (Å²) in [6.07, 6.45) is -1.79. The first kappa shape index (κ1) is 17.0. The molecule has 5 nitrogen and oxygen atoms in total. The minimum absolute atomic E-state index is 0.179. The highest BCUT2D eigenvalue weighted by molar-refractivity contribution is 7.13. The number of rotatable bonds is 5. The van der Waals surface area contributed by atoms with Crippen molar-refractivity contribution in [2.75, 3.05) is 5.32 Å². The van der Waals surface area contributed by atoms with E-state index >= 15 is 0 Å². The van der Waals surface area contributed by atoms with Gasteiger partial charge in [-0.3, -0.25) is 10.0 Å². The number of halogens is 3. The smallest absolute Gasteiger partial charge is 0.357 e. The lowest BCUT2D eigenvalue weighted by Gasteiger charge is -2.04. The maximum absolute atomic E-state index is 12.5. The molecule has 0 fully saturated rings. The Morgan fingerprint density at radius 2 is 2.17 bits per heavy atom. The van der Waals surface area contributed by atoms with Crippen LogP contribution in [-0.4, -0.2) is 16.1 Å². The fourth-order valence-corrected chi connectivity index (χ4v) is 2.39. The van der Waals surface area contributed by atoms with Gasteiger partial charge in [-0.1, -0.05) is 18.2 Å². The molecule has 0 aliphatic rings. The third-order valence-corrected chi connectivity index (χ3v) is 3.53. The molecule has 0 spiro atoms. The molecule has 2 aromatic rings. The third kappa shape index (κ3) is 5.08. The molecule has 122 valence electrons. The molecule has 23 heavy (non-hydrogen) atoms. The summed E-state index contributed by atoms with van der Waals surface area (Å²) >= 11 is 0.880. The largest absolute Gasteiger partial charge is 0.434 e. The van der Waals surface area contributed by atoms with Gasteiger partial charge in [0.25, 0.3) is 5.91 Å². The number of alkyl halides is 3. The van der Waals surface area contributed by atoms with Crippen LogP contribution in [0, 0.1) is 0 Å². The fourth-order valence-electron chi connectivity index (χ4n) is 1.68. The average Bonchev–Trinajstić information content (AvgIpc) is 3.00. The summed E-state index contributed by atoms with van der Waals surface area (Å²) in [4.78, 5) is 14.4. The zero-order chi connectivity index (χ0) is 16.9. The van der Waals surface area contributed by atoms with Crippen molar-refractivity contribution in [3.8, 4) is 0 Å². The second-order valence-corrected chi connectivity index (χ2v) is 5.30. The maximum Gasteiger partial charge on any atom is 0.434 e. The number of carbonyl (C=O) groups excluding carboxylic acids is 1. The summed E-state index contributed by atoms with van der Waals surface area (Å²) in [5, 5.41) is 12.3. The number of hydrogen-bond acceptors (Lipinski definition) is 5. The van der Waals surface area contributed by atoms with Crippen molar-refractivity contribution < 1.29 is 23.2 Å². The number of amides is 1. The molecule has 2 rings (SSSR count). The van der Waals surface area contributed by atoms with Gasteiger partial charge >= 0.3 is 6.18 Å². The summed E-state index contributed by atoms with van der Waals surface area (Å²) in [7, 11) is 0. The van der Waals surface area contributed by atoms with Crippen LogP contribution in [0.1, 0.15) is 16.8 Å². The Bertz CT molecular complexity index is 713. The molecule has 9 heteroatoms. The Labute approximate surface area is 133 Å². The second kappa shape index (κ2) is 7.25. The van der Waals surface area contributed by atoms with E-state index in [2.05, 4.69) is 10.3 Å². The molecule has 1 amide bonds. The van der Waals surface area contributed by atoms with E-state index in [1.807, 2.05) is 0 Å². The molecule has 3 N–H and O–H groups in total. The number of benzene rings is 1. The van der Waals surface area contributed by atoms with Gasteiger partial charge in [-0.25, -0.2) is 10.5 Å². The van der Waals surface area contributed by atoms with Gasteiger partial charge in [0.15, 0.2) is 10.8 Å². The van der Waals surface area contributed by atoms with E-state index in [1.54, 1.807) is 24.3 Å². The summed E-state index contributed by atoms with van der Waals surface area (Å²) in [6, 6.07) is 7.04. The first-order valence-electron chi connectivity index (χ1n) is 6.36. The van der Waals surface area contributed by atoms with Gasteiger partial charge in [0.2, 0.25) is 0 Å². The number of aromatic nitrogens is 1. The van der Waals surface area contributed by atoms with Crippen molar-refractivity contribution in [1.82, 2.24) is 10.5 Å². The average molecular weight is 343 g/mol. The normalized spacial score (nSPS) is 11.7. The quantitative estimate of drug-likeness (QED) is 0.442. The molecule has 0 radical (unpaired) electrons. The van der Waals surface area contributed by atoms with Gasteiger partial charge in [0.05, 0.1) is 0 Å². The molecule has 1 heterocycles. The molecule has 0 atom stereocenters. The van der Waals surface area contributed by atoms with Crippen molar-refractivity contribution in [3.05, 3.63) is 52.5 Å². The highest BCUT2D eigenvalue weighted by Crippen LogP contribution is 2.31. The topological polar surface area (TPSA) is 74.2 Å².